The summed E-state index contributed by atoms with van der Waals surface area (Å²) in [6.07, 6.45) is 1.60. The minimum absolute atomic E-state index is 0.116. The van der Waals surface area contributed by atoms with Gasteiger partial charge in [-0.2, -0.15) is 0 Å². The maximum atomic E-state index is 10.0. The molecular weight excluding hydrogens is 224 g/mol. The molecule has 0 aromatic carbocycles. The largest absolute Gasteiger partial charge is 0.490 e. The molecule has 17 heavy (non-hydrogen) atoms. The first-order valence-corrected chi connectivity index (χ1v) is 6.00. The van der Waals surface area contributed by atoms with Crippen LogP contribution in [0.1, 0.15) is 26.7 Å². The molecule has 0 spiro atoms. The third kappa shape index (κ3) is 2.98. The van der Waals surface area contributed by atoms with Crippen LogP contribution in [0.25, 0.3) is 0 Å². The standard InChI is InChI=1S/C12H20O5/c1-12(2)15-7-10-11(17-12)9(14)6-8(16-10)4-3-5-13/h6,9-11,13-14H,3-5,7H2,1-2H3/t9-,10-,11+/m1/s1. The molecule has 3 atom stereocenters. The number of hydrogen-bond acceptors (Lipinski definition) is 5. The highest BCUT2D eigenvalue weighted by Crippen LogP contribution is 2.31. The maximum Gasteiger partial charge on any atom is 0.163 e. The third-order valence-corrected chi connectivity index (χ3v) is 2.96. The molecule has 2 aliphatic rings. The first kappa shape index (κ1) is 12.8. The second-order valence-corrected chi connectivity index (χ2v) is 4.90. The quantitative estimate of drug-likeness (QED) is 0.759. The fourth-order valence-corrected chi connectivity index (χ4v) is 2.12. The number of aliphatic hydroxyl groups excluding tert-OH is 2. The summed E-state index contributed by atoms with van der Waals surface area (Å²) in [5.74, 6) is 0.0294. The van der Waals surface area contributed by atoms with Gasteiger partial charge in [0.15, 0.2) is 11.9 Å². The minimum atomic E-state index is -0.679. The van der Waals surface area contributed by atoms with Gasteiger partial charge in [-0.25, -0.2) is 0 Å². The molecule has 5 nitrogen and oxygen atoms in total. The SMILES string of the molecule is CC1(C)OC[C@H]2OC(CCCO)=C[C@@H](O)[C@@H]2O1. The number of aliphatic hydroxyl groups is 2. The number of ether oxygens (including phenoxy) is 3. The minimum Gasteiger partial charge on any atom is -0.490 e. The molecule has 0 aromatic heterocycles. The molecule has 5 heteroatoms. The highest BCUT2D eigenvalue weighted by atomic mass is 16.7. The summed E-state index contributed by atoms with van der Waals surface area (Å²) in [5.41, 5.74) is 0. The Labute approximate surface area is 101 Å². The molecule has 1 saturated heterocycles. The van der Waals surface area contributed by atoms with Crippen LogP contribution in [0.3, 0.4) is 0 Å². The lowest BCUT2D eigenvalue weighted by molar-refractivity contribution is -0.321. The van der Waals surface area contributed by atoms with Crippen molar-refractivity contribution in [2.75, 3.05) is 13.2 Å². The molecule has 0 saturated carbocycles. The molecule has 2 rings (SSSR count). The summed E-state index contributed by atoms with van der Waals surface area (Å²) in [5, 5.41) is 18.8. The smallest absolute Gasteiger partial charge is 0.163 e. The summed E-state index contributed by atoms with van der Waals surface area (Å²) in [7, 11) is 0. The highest BCUT2D eigenvalue weighted by Gasteiger charge is 2.43. The van der Waals surface area contributed by atoms with Crippen LogP contribution >= 0.6 is 0 Å². The predicted molar refractivity (Wildman–Crippen MR) is 60.2 cm³/mol. The number of rotatable bonds is 3. The molecular formula is C12H20O5. The van der Waals surface area contributed by atoms with Gasteiger partial charge in [-0.05, 0) is 26.3 Å². The van der Waals surface area contributed by atoms with Crippen LogP contribution in [-0.4, -0.2) is 47.5 Å². The summed E-state index contributed by atoms with van der Waals surface area (Å²) < 4.78 is 16.8. The van der Waals surface area contributed by atoms with Crippen LogP contribution in [-0.2, 0) is 14.2 Å². The van der Waals surface area contributed by atoms with Gasteiger partial charge in [0.25, 0.3) is 0 Å². The van der Waals surface area contributed by atoms with Crippen molar-refractivity contribution in [1.82, 2.24) is 0 Å². The zero-order chi connectivity index (χ0) is 12.5. The monoisotopic (exact) mass is 244 g/mol. The Morgan fingerprint density at radius 2 is 2.24 bits per heavy atom. The van der Waals surface area contributed by atoms with E-state index in [4.69, 9.17) is 19.3 Å². The molecule has 1 fully saturated rings. The van der Waals surface area contributed by atoms with Crippen molar-refractivity contribution in [3.8, 4) is 0 Å². The zero-order valence-corrected chi connectivity index (χ0v) is 10.3. The Balaban J connectivity index is 2.02. The van der Waals surface area contributed by atoms with E-state index >= 15 is 0 Å². The van der Waals surface area contributed by atoms with Crippen molar-refractivity contribution < 1.29 is 24.4 Å². The second kappa shape index (κ2) is 4.94. The van der Waals surface area contributed by atoms with E-state index in [1.807, 2.05) is 13.8 Å². The van der Waals surface area contributed by atoms with Gasteiger partial charge in [0.05, 0.1) is 12.4 Å². The number of fused-ring (bicyclic) bond motifs is 1. The van der Waals surface area contributed by atoms with Gasteiger partial charge < -0.3 is 24.4 Å². The van der Waals surface area contributed by atoms with Crippen LogP contribution in [0.4, 0.5) is 0 Å². The van der Waals surface area contributed by atoms with Crippen LogP contribution in [0.2, 0.25) is 0 Å². The molecule has 2 aliphatic heterocycles. The van der Waals surface area contributed by atoms with E-state index in [2.05, 4.69) is 0 Å². The molecule has 0 unspecified atom stereocenters. The Morgan fingerprint density at radius 1 is 1.47 bits per heavy atom. The van der Waals surface area contributed by atoms with Gasteiger partial charge in [-0.1, -0.05) is 0 Å². The summed E-state index contributed by atoms with van der Waals surface area (Å²) >= 11 is 0. The molecule has 0 amide bonds. The van der Waals surface area contributed by atoms with Crippen LogP contribution in [0, 0.1) is 0 Å². The Hall–Kier alpha value is -0.620. The summed E-state index contributed by atoms with van der Waals surface area (Å²) in [6.45, 7) is 4.16. The third-order valence-electron chi connectivity index (χ3n) is 2.96. The lowest BCUT2D eigenvalue weighted by Gasteiger charge is -2.44. The fourth-order valence-electron chi connectivity index (χ4n) is 2.12. The Kier molecular flexibility index (Phi) is 3.73. The van der Waals surface area contributed by atoms with Crippen molar-refractivity contribution in [2.24, 2.45) is 0 Å². The van der Waals surface area contributed by atoms with Gasteiger partial charge in [0, 0.05) is 13.0 Å². The second-order valence-electron chi connectivity index (χ2n) is 4.90. The van der Waals surface area contributed by atoms with E-state index in [1.165, 1.54) is 0 Å². The Bertz CT molecular complexity index is 299. The van der Waals surface area contributed by atoms with E-state index in [0.29, 0.717) is 25.2 Å². The Morgan fingerprint density at radius 3 is 2.94 bits per heavy atom. The molecule has 0 aromatic rings. The highest BCUT2D eigenvalue weighted by molar-refractivity contribution is 5.08. The first-order valence-electron chi connectivity index (χ1n) is 6.00. The van der Waals surface area contributed by atoms with E-state index in [9.17, 15) is 5.11 Å². The van der Waals surface area contributed by atoms with Crippen molar-refractivity contribution in [3.05, 3.63) is 11.8 Å². The number of hydrogen-bond donors (Lipinski definition) is 2. The molecule has 0 bridgehead atoms. The van der Waals surface area contributed by atoms with Crippen LogP contribution in [0.5, 0.6) is 0 Å². The fraction of sp³-hybridized carbons (Fsp3) is 0.833. The average Bonchev–Trinajstić information content (AvgIpc) is 2.27. The zero-order valence-electron chi connectivity index (χ0n) is 10.3. The van der Waals surface area contributed by atoms with E-state index < -0.39 is 11.9 Å². The van der Waals surface area contributed by atoms with Gasteiger partial charge in [0.2, 0.25) is 0 Å². The first-order chi connectivity index (χ1) is 8.02. The summed E-state index contributed by atoms with van der Waals surface area (Å²) in [4.78, 5) is 0. The van der Waals surface area contributed by atoms with Gasteiger partial charge >= 0.3 is 0 Å². The topological polar surface area (TPSA) is 68.2 Å². The van der Waals surface area contributed by atoms with Crippen molar-refractivity contribution in [3.63, 3.8) is 0 Å². The molecule has 98 valence electrons. The average molecular weight is 244 g/mol. The van der Waals surface area contributed by atoms with E-state index in [1.54, 1.807) is 6.08 Å². The molecule has 0 radical (unpaired) electrons. The van der Waals surface area contributed by atoms with E-state index in [0.717, 1.165) is 0 Å². The molecule has 2 heterocycles. The van der Waals surface area contributed by atoms with Crippen molar-refractivity contribution in [2.45, 2.75) is 50.8 Å². The lowest BCUT2D eigenvalue weighted by Crippen LogP contribution is -2.55. The van der Waals surface area contributed by atoms with Gasteiger partial charge in [-0.15, -0.1) is 0 Å². The number of allylic oxidation sites excluding steroid dienone is 1. The van der Waals surface area contributed by atoms with Crippen LogP contribution < -0.4 is 0 Å². The maximum absolute atomic E-state index is 10.0. The van der Waals surface area contributed by atoms with Crippen LogP contribution in [0.15, 0.2) is 11.8 Å². The van der Waals surface area contributed by atoms with Crippen molar-refractivity contribution >= 4 is 0 Å². The van der Waals surface area contributed by atoms with Gasteiger partial charge in [0.1, 0.15) is 12.2 Å². The molecule has 2 N–H and O–H groups in total. The van der Waals surface area contributed by atoms with Crippen molar-refractivity contribution in [1.29, 1.82) is 0 Å². The predicted octanol–water partition coefficient (Wildman–Crippen LogP) is 0.554. The van der Waals surface area contributed by atoms with E-state index in [-0.39, 0.29) is 18.8 Å². The summed E-state index contributed by atoms with van der Waals surface area (Å²) in [6, 6.07) is 0. The molecule has 0 aliphatic carbocycles. The lowest BCUT2D eigenvalue weighted by atomic mass is 10.0. The van der Waals surface area contributed by atoms with Gasteiger partial charge in [-0.3, -0.25) is 0 Å². The normalized spacial score (nSPS) is 35.8.